The second-order valence-electron chi connectivity index (χ2n) is 3.62. The van der Waals surface area contributed by atoms with Crippen molar-refractivity contribution in [3.63, 3.8) is 0 Å². The molecule has 2 aromatic heterocycles. The van der Waals surface area contributed by atoms with Crippen LogP contribution >= 0.6 is 22.6 Å². The first-order valence-electron chi connectivity index (χ1n) is 5.05. The average molecular weight is 365 g/mol. The van der Waals surface area contributed by atoms with Crippen LogP contribution in [-0.2, 0) is 11.5 Å². The van der Waals surface area contributed by atoms with E-state index in [-0.39, 0.29) is 19.9 Å². The molecule has 9 heteroatoms. The first-order valence-corrected chi connectivity index (χ1v) is 6.13. The molecular formula is C9H12IN5O3. The summed E-state index contributed by atoms with van der Waals surface area (Å²) >= 11 is 1.84. The molecule has 98 valence electrons. The van der Waals surface area contributed by atoms with Crippen molar-refractivity contribution in [3.05, 3.63) is 12.7 Å². The highest BCUT2D eigenvalue weighted by atomic mass is 127. The molecule has 0 spiro atoms. The highest BCUT2D eigenvalue weighted by Gasteiger charge is 2.25. The second kappa shape index (κ2) is 5.30. The number of nitrogens with zero attached hydrogens (tertiary/aromatic N) is 4. The summed E-state index contributed by atoms with van der Waals surface area (Å²) in [5.41, 5.74) is 6.69. The van der Waals surface area contributed by atoms with E-state index in [2.05, 4.69) is 15.0 Å². The van der Waals surface area contributed by atoms with Crippen molar-refractivity contribution in [2.24, 2.45) is 0 Å². The smallest absolute Gasteiger partial charge is 0.167 e. The van der Waals surface area contributed by atoms with Crippen LogP contribution in [0.1, 0.15) is 0 Å². The molecule has 0 aromatic carbocycles. The van der Waals surface area contributed by atoms with E-state index in [1.165, 1.54) is 12.7 Å². The summed E-state index contributed by atoms with van der Waals surface area (Å²) < 4.78 is 6.01. The number of aliphatic hydroxyl groups is 2. The minimum Gasteiger partial charge on any atom is -0.392 e. The van der Waals surface area contributed by atoms with Crippen LogP contribution in [0.25, 0.3) is 11.2 Å². The largest absolute Gasteiger partial charge is 0.392 e. The molecule has 2 aromatic rings. The standard InChI is InChI=1S/C9H12IN5O3/c10-9(1-16,2-17)18-5-15-4-14-6-7(11)12-3-13-8(6)15/h3-4,16-17H,1-2,5H2,(H2,11,12,13). The molecule has 2 heterocycles. The van der Waals surface area contributed by atoms with Crippen LogP contribution in [0.4, 0.5) is 5.82 Å². The van der Waals surface area contributed by atoms with Crippen molar-refractivity contribution in [1.82, 2.24) is 19.5 Å². The topological polar surface area (TPSA) is 119 Å². The summed E-state index contributed by atoms with van der Waals surface area (Å²) in [6.07, 6.45) is 2.85. The summed E-state index contributed by atoms with van der Waals surface area (Å²) in [6.45, 7) is -0.501. The van der Waals surface area contributed by atoms with E-state index in [1.807, 2.05) is 22.6 Å². The third-order valence-corrected chi connectivity index (χ3v) is 3.36. The average Bonchev–Trinajstić information content (AvgIpc) is 2.81. The van der Waals surface area contributed by atoms with Crippen LogP contribution in [0.2, 0.25) is 0 Å². The number of aliphatic hydroxyl groups excluding tert-OH is 2. The summed E-state index contributed by atoms with van der Waals surface area (Å²) in [5.74, 6) is 0.295. The predicted molar refractivity (Wildman–Crippen MR) is 71.7 cm³/mol. The van der Waals surface area contributed by atoms with E-state index in [4.69, 9.17) is 20.7 Å². The van der Waals surface area contributed by atoms with Gasteiger partial charge >= 0.3 is 0 Å². The van der Waals surface area contributed by atoms with Crippen LogP contribution < -0.4 is 5.73 Å². The maximum Gasteiger partial charge on any atom is 0.167 e. The molecule has 0 saturated heterocycles. The Morgan fingerprint density at radius 3 is 2.72 bits per heavy atom. The zero-order chi connectivity index (χ0) is 13.2. The molecule has 0 fully saturated rings. The number of aromatic nitrogens is 4. The zero-order valence-corrected chi connectivity index (χ0v) is 11.5. The molecule has 0 unspecified atom stereocenters. The van der Waals surface area contributed by atoms with Gasteiger partial charge in [0.2, 0.25) is 0 Å². The van der Waals surface area contributed by atoms with E-state index >= 15 is 0 Å². The minimum absolute atomic E-state index is 0.0943. The van der Waals surface area contributed by atoms with Gasteiger partial charge in [-0.25, -0.2) is 15.0 Å². The SMILES string of the molecule is Nc1ncnc2c1ncn2COC(I)(CO)CO. The Kier molecular flexibility index (Phi) is 3.94. The third kappa shape index (κ3) is 2.53. The highest BCUT2D eigenvalue weighted by molar-refractivity contribution is 14.1. The Morgan fingerprint density at radius 2 is 2.06 bits per heavy atom. The van der Waals surface area contributed by atoms with Gasteiger partial charge in [-0.1, -0.05) is 0 Å². The molecule has 8 nitrogen and oxygen atoms in total. The fourth-order valence-corrected chi connectivity index (χ4v) is 1.46. The fraction of sp³-hybridized carbons (Fsp3) is 0.444. The highest BCUT2D eigenvalue weighted by Crippen LogP contribution is 2.21. The third-order valence-electron chi connectivity index (χ3n) is 2.36. The Hall–Kier alpha value is -1.04. The van der Waals surface area contributed by atoms with E-state index in [9.17, 15) is 0 Å². The maximum absolute atomic E-state index is 9.11. The number of imidazole rings is 1. The van der Waals surface area contributed by atoms with Crippen molar-refractivity contribution >= 4 is 39.6 Å². The van der Waals surface area contributed by atoms with E-state index in [0.29, 0.717) is 17.0 Å². The van der Waals surface area contributed by atoms with Crippen LogP contribution in [0.5, 0.6) is 0 Å². The lowest BCUT2D eigenvalue weighted by Crippen LogP contribution is -2.34. The quantitative estimate of drug-likeness (QED) is 0.483. The van der Waals surface area contributed by atoms with Gasteiger partial charge in [-0.15, -0.1) is 0 Å². The van der Waals surface area contributed by atoms with Crippen molar-refractivity contribution in [2.45, 2.75) is 10.3 Å². The first kappa shape index (κ1) is 13.4. The summed E-state index contributed by atoms with van der Waals surface area (Å²) in [4.78, 5) is 12.0. The second-order valence-corrected chi connectivity index (χ2v) is 5.58. The monoisotopic (exact) mass is 365 g/mol. The van der Waals surface area contributed by atoms with Crippen molar-refractivity contribution in [2.75, 3.05) is 18.9 Å². The van der Waals surface area contributed by atoms with Crippen LogP contribution in [0.3, 0.4) is 0 Å². The first-order chi connectivity index (χ1) is 8.59. The van der Waals surface area contributed by atoms with Crippen molar-refractivity contribution in [3.8, 4) is 0 Å². The molecule has 0 saturated carbocycles. The lowest BCUT2D eigenvalue weighted by Gasteiger charge is -2.23. The maximum atomic E-state index is 9.11. The molecule has 0 bridgehead atoms. The minimum atomic E-state index is -1.03. The van der Waals surface area contributed by atoms with Gasteiger partial charge < -0.3 is 20.7 Å². The molecule has 0 amide bonds. The van der Waals surface area contributed by atoms with Gasteiger partial charge in [0.15, 0.2) is 15.1 Å². The molecule has 18 heavy (non-hydrogen) atoms. The van der Waals surface area contributed by atoms with Crippen LogP contribution in [0, 0.1) is 0 Å². The Morgan fingerprint density at radius 1 is 1.33 bits per heavy atom. The van der Waals surface area contributed by atoms with Gasteiger partial charge in [0.1, 0.15) is 18.6 Å². The molecule has 0 aliphatic rings. The van der Waals surface area contributed by atoms with Crippen molar-refractivity contribution < 1.29 is 14.9 Å². The lowest BCUT2D eigenvalue weighted by molar-refractivity contribution is -0.0609. The van der Waals surface area contributed by atoms with Gasteiger partial charge in [-0.2, -0.15) is 0 Å². The number of nitrogens with two attached hydrogens (primary N) is 1. The molecular weight excluding hydrogens is 353 g/mol. The van der Waals surface area contributed by atoms with Gasteiger partial charge in [0, 0.05) is 0 Å². The fourth-order valence-electron chi connectivity index (χ4n) is 1.32. The normalized spacial score (nSPS) is 12.2. The number of halogens is 1. The van der Waals surface area contributed by atoms with E-state index in [0.717, 1.165) is 0 Å². The van der Waals surface area contributed by atoms with Crippen LogP contribution in [-0.4, -0.2) is 46.6 Å². The summed E-state index contributed by atoms with van der Waals surface area (Å²) in [7, 11) is 0. The zero-order valence-electron chi connectivity index (χ0n) is 9.32. The van der Waals surface area contributed by atoms with Gasteiger partial charge in [-0.05, 0) is 22.6 Å². The molecule has 2 rings (SSSR count). The van der Waals surface area contributed by atoms with Gasteiger partial charge in [-0.3, -0.25) is 4.57 Å². The lowest BCUT2D eigenvalue weighted by atomic mass is 10.4. The number of fused-ring (bicyclic) bond motifs is 1. The molecule has 4 N–H and O–H groups in total. The summed E-state index contributed by atoms with van der Waals surface area (Å²) in [6, 6.07) is 0. The van der Waals surface area contributed by atoms with Crippen molar-refractivity contribution in [1.29, 1.82) is 0 Å². The molecule has 0 aliphatic carbocycles. The number of hydrogen-bond donors (Lipinski definition) is 3. The van der Waals surface area contributed by atoms with E-state index < -0.39 is 3.61 Å². The summed E-state index contributed by atoms with van der Waals surface area (Å²) in [5, 5.41) is 18.2. The predicted octanol–water partition coefficient (Wildman–Crippen LogP) is -0.502. The van der Waals surface area contributed by atoms with E-state index in [1.54, 1.807) is 4.57 Å². The Bertz CT molecular complexity index is 542. The van der Waals surface area contributed by atoms with Gasteiger partial charge in [0.05, 0.1) is 19.5 Å². The molecule has 0 radical (unpaired) electrons. The number of nitrogen functional groups attached to an aromatic ring is 1. The van der Waals surface area contributed by atoms with Crippen LogP contribution in [0.15, 0.2) is 12.7 Å². The number of ether oxygens (including phenoxy) is 1. The Balaban J connectivity index is 2.20. The molecule has 0 aliphatic heterocycles. The number of anilines is 1. The number of hydrogen-bond acceptors (Lipinski definition) is 7. The Labute approximate surface area is 116 Å². The molecule has 0 atom stereocenters. The number of rotatable bonds is 5. The number of alkyl halides is 1. The van der Waals surface area contributed by atoms with Gasteiger partial charge in [0.25, 0.3) is 0 Å².